The Bertz CT molecular complexity index is 1240. The number of benzene rings is 2. The van der Waals surface area contributed by atoms with Gasteiger partial charge in [-0.1, -0.05) is 59.8 Å². The molecular weight excluding hydrogens is 446 g/mol. The number of fused-ring (bicyclic) bond motifs is 1. The van der Waals surface area contributed by atoms with Crippen molar-refractivity contribution in [3.63, 3.8) is 0 Å². The van der Waals surface area contributed by atoms with E-state index in [-0.39, 0.29) is 17.9 Å². The fourth-order valence-electron chi connectivity index (χ4n) is 3.75. The average Bonchev–Trinajstić information content (AvgIpc) is 2.79. The maximum atomic E-state index is 13.0. The number of nitrogens with zero attached hydrogens (tertiary/aromatic N) is 2. The Morgan fingerprint density at radius 3 is 2.88 bits per heavy atom. The van der Waals surface area contributed by atoms with Crippen LogP contribution in [0.3, 0.4) is 0 Å². The summed E-state index contributed by atoms with van der Waals surface area (Å²) in [5, 5.41) is 4.02. The van der Waals surface area contributed by atoms with E-state index in [9.17, 15) is 9.59 Å². The zero-order chi connectivity index (χ0) is 22.7. The summed E-state index contributed by atoms with van der Waals surface area (Å²) in [6.07, 6.45) is 1.88. The number of halogens is 1. The molecule has 2 aromatic carbocycles. The predicted molar refractivity (Wildman–Crippen MR) is 128 cm³/mol. The van der Waals surface area contributed by atoms with E-state index in [0.29, 0.717) is 39.7 Å². The van der Waals surface area contributed by atoms with E-state index < -0.39 is 5.92 Å². The molecule has 164 valence electrons. The fourth-order valence-corrected chi connectivity index (χ4v) is 4.66. The highest BCUT2D eigenvalue weighted by Gasteiger charge is 2.33. The molecule has 1 aliphatic heterocycles. The molecule has 0 spiro atoms. The van der Waals surface area contributed by atoms with Crippen LogP contribution in [-0.4, -0.2) is 21.2 Å². The van der Waals surface area contributed by atoms with Crippen LogP contribution in [-0.2, 0) is 18.4 Å². The van der Waals surface area contributed by atoms with E-state index in [1.165, 1.54) is 11.8 Å². The number of carbonyl (C=O) groups excluding carboxylic acids is 1. The topological polar surface area (TPSA) is 73.2 Å². The number of thioether (sulfide) groups is 1. The minimum atomic E-state index is -0.459. The molecule has 0 radical (unpaired) electrons. The van der Waals surface area contributed by atoms with Crippen LogP contribution in [0.1, 0.15) is 29.0 Å². The molecular formula is C24H22ClN3O3S. The normalized spacial score (nSPS) is 15.1. The van der Waals surface area contributed by atoms with Crippen LogP contribution < -0.4 is 15.6 Å². The number of aromatic nitrogens is 2. The lowest BCUT2D eigenvalue weighted by molar-refractivity contribution is -0.116. The molecule has 0 saturated heterocycles. The molecule has 1 aliphatic rings. The van der Waals surface area contributed by atoms with Crippen molar-refractivity contribution in [2.75, 3.05) is 11.1 Å². The van der Waals surface area contributed by atoms with Crippen molar-refractivity contribution in [1.29, 1.82) is 0 Å². The third-order valence-corrected chi connectivity index (χ3v) is 6.47. The summed E-state index contributed by atoms with van der Waals surface area (Å²) in [5.74, 6) is 1.08. The predicted octanol–water partition coefficient (Wildman–Crippen LogP) is 4.76. The third-order valence-electron chi connectivity index (χ3n) is 5.21. The monoisotopic (exact) mass is 467 g/mol. The van der Waals surface area contributed by atoms with Crippen molar-refractivity contribution >= 4 is 35.1 Å². The average molecular weight is 468 g/mol. The standard InChI is InChI=1S/C24H22ClN3O3S/c1-3-11-32-24-27-23(30)21-18(13-20(29)26-22(21)28(24)2)17-9-4-5-10-19(17)31-14-15-7-6-8-16(25)12-15/h3-10,12,18H,1,11,13-14H2,2H3,(H,26,29)/t18-/m1/s1. The van der Waals surface area contributed by atoms with Gasteiger partial charge >= 0.3 is 0 Å². The first-order valence-electron chi connectivity index (χ1n) is 10.1. The van der Waals surface area contributed by atoms with Crippen molar-refractivity contribution in [2.45, 2.75) is 24.1 Å². The molecule has 1 amide bonds. The maximum Gasteiger partial charge on any atom is 0.279 e. The Hall–Kier alpha value is -3.03. The van der Waals surface area contributed by atoms with Crippen molar-refractivity contribution in [3.05, 3.63) is 93.3 Å². The van der Waals surface area contributed by atoms with Gasteiger partial charge in [-0.2, -0.15) is 4.98 Å². The van der Waals surface area contributed by atoms with Gasteiger partial charge in [0.25, 0.3) is 5.56 Å². The zero-order valence-electron chi connectivity index (χ0n) is 17.5. The molecule has 8 heteroatoms. The largest absolute Gasteiger partial charge is 0.489 e. The number of ether oxygens (including phenoxy) is 1. The number of para-hydroxylation sites is 1. The summed E-state index contributed by atoms with van der Waals surface area (Å²) < 4.78 is 7.85. The smallest absolute Gasteiger partial charge is 0.279 e. The highest BCUT2D eigenvalue weighted by molar-refractivity contribution is 7.99. The molecule has 0 saturated carbocycles. The SMILES string of the molecule is C=CCSc1nc(=O)c2c(n1C)NC(=O)C[C@@H]2c1ccccc1OCc1cccc(Cl)c1. The Morgan fingerprint density at radius 1 is 1.28 bits per heavy atom. The second-order valence-corrected chi connectivity index (χ2v) is 8.81. The molecule has 1 atom stereocenters. The lowest BCUT2D eigenvalue weighted by Gasteiger charge is -2.28. The number of hydrogen-bond acceptors (Lipinski definition) is 5. The van der Waals surface area contributed by atoms with Gasteiger partial charge in [0.15, 0.2) is 5.16 Å². The summed E-state index contributed by atoms with van der Waals surface area (Å²) >= 11 is 7.47. The lowest BCUT2D eigenvalue weighted by atomic mass is 9.86. The summed E-state index contributed by atoms with van der Waals surface area (Å²) in [6, 6.07) is 14.9. The molecule has 1 N–H and O–H groups in total. The molecule has 3 aromatic rings. The van der Waals surface area contributed by atoms with E-state index >= 15 is 0 Å². The van der Waals surface area contributed by atoms with Gasteiger partial charge in [-0.3, -0.25) is 9.59 Å². The second-order valence-electron chi connectivity index (χ2n) is 7.38. The van der Waals surface area contributed by atoms with Crippen molar-refractivity contribution in [3.8, 4) is 5.75 Å². The van der Waals surface area contributed by atoms with E-state index in [1.807, 2.05) is 42.5 Å². The fraction of sp³-hybridized carbons (Fsp3) is 0.208. The highest BCUT2D eigenvalue weighted by atomic mass is 35.5. The number of anilines is 1. The van der Waals surface area contributed by atoms with Crippen molar-refractivity contribution in [1.82, 2.24) is 9.55 Å². The van der Waals surface area contributed by atoms with Crippen LogP contribution in [0, 0.1) is 0 Å². The first kappa shape index (κ1) is 22.2. The molecule has 32 heavy (non-hydrogen) atoms. The Kier molecular flexibility index (Phi) is 6.67. The first-order chi connectivity index (χ1) is 15.5. The minimum absolute atomic E-state index is 0.139. The number of nitrogens with one attached hydrogen (secondary N) is 1. The maximum absolute atomic E-state index is 13.0. The van der Waals surface area contributed by atoms with E-state index in [2.05, 4.69) is 16.9 Å². The Morgan fingerprint density at radius 2 is 2.09 bits per heavy atom. The summed E-state index contributed by atoms with van der Waals surface area (Å²) in [4.78, 5) is 29.9. The van der Waals surface area contributed by atoms with Crippen LogP contribution in [0.15, 0.2) is 71.1 Å². The van der Waals surface area contributed by atoms with Gasteiger partial charge in [0.2, 0.25) is 5.91 Å². The van der Waals surface area contributed by atoms with Crippen LogP contribution >= 0.6 is 23.4 Å². The van der Waals surface area contributed by atoms with Crippen LogP contribution in [0.5, 0.6) is 5.75 Å². The first-order valence-corrected chi connectivity index (χ1v) is 11.4. The number of rotatable bonds is 7. The molecule has 0 fully saturated rings. The molecule has 1 aromatic heterocycles. The molecule has 0 bridgehead atoms. The zero-order valence-corrected chi connectivity index (χ0v) is 19.1. The molecule has 0 aliphatic carbocycles. The van der Waals surface area contributed by atoms with Gasteiger partial charge in [0.05, 0.1) is 5.56 Å². The van der Waals surface area contributed by atoms with E-state index in [1.54, 1.807) is 23.8 Å². The second kappa shape index (κ2) is 9.63. The van der Waals surface area contributed by atoms with E-state index in [4.69, 9.17) is 16.3 Å². The summed E-state index contributed by atoms with van der Waals surface area (Å²) in [6.45, 7) is 4.02. The molecule has 4 rings (SSSR count). The van der Waals surface area contributed by atoms with Crippen LogP contribution in [0.2, 0.25) is 5.02 Å². The number of hydrogen-bond donors (Lipinski definition) is 1. The Balaban J connectivity index is 1.73. The van der Waals surface area contributed by atoms with E-state index in [0.717, 1.165) is 11.1 Å². The summed E-state index contributed by atoms with van der Waals surface area (Å²) in [7, 11) is 1.79. The van der Waals surface area contributed by atoms with Crippen LogP contribution in [0.4, 0.5) is 5.82 Å². The van der Waals surface area contributed by atoms with Crippen molar-refractivity contribution in [2.24, 2.45) is 7.05 Å². The lowest BCUT2D eigenvalue weighted by Crippen LogP contribution is -2.33. The third kappa shape index (κ3) is 4.59. The van der Waals surface area contributed by atoms with Gasteiger partial charge in [-0.05, 0) is 23.8 Å². The van der Waals surface area contributed by atoms with Crippen molar-refractivity contribution < 1.29 is 9.53 Å². The van der Waals surface area contributed by atoms with Crippen LogP contribution in [0.25, 0.3) is 0 Å². The summed E-state index contributed by atoms with van der Waals surface area (Å²) in [5.41, 5.74) is 1.82. The highest BCUT2D eigenvalue weighted by Crippen LogP contribution is 2.39. The van der Waals surface area contributed by atoms with Gasteiger partial charge in [-0.15, -0.1) is 6.58 Å². The number of carbonyl (C=O) groups is 1. The van der Waals surface area contributed by atoms with Gasteiger partial charge in [0, 0.05) is 35.7 Å². The Labute approximate surface area is 195 Å². The van der Waals surface area contributed by atoms with Gasteiger partial charge in [0.1, 0.15) is 18.2 Å². The molecule has 2 heterocycles. The van der Waals surface area contributed by atoms with Gasteiger partial charge < -0.3 is 14.6 Å². The van der Waals surface area contributed by atoms with Gasteiger partial charge in [-0.25, -0.2) is 0 Å². The minimum Gasteiger partial charge on any atom is -0.489 e. The number of amides is 1. The quantitative estimate of drug-likeness (QED) is 0.308. The molecule has 6 nitrogen and oxygen atoms in total. The molecule has 0 unspecified atom stereocenters.